The Hall–Kier alpha value is -1.82. The number of halogens is 1. The van der Waals surface area contributed by atoms with Crippen LogP contribution in [0.25, 0.3) is 0 Å². The molecule has 18 heavy (non-hydrogen) atoms. The van der Waals surface area contributed by atoms with Gasteiger partial charge in [0.05, 0.1) is 12.8 Å². The van der Waals surface area contributed by atoms with E-state index in [1.807, 2.05) is 0 Å². The van der Waals surface area contributed by atoms with Crippen molar-refractivity contribution in [3.05, 3.63) is 40.6 Å². The molecule has 0 amide bonds. The zero-order chi connectivity index (χ0) is 13.2. The highest BCUT2D eigenvalue weighted by atomic mass is 79.9. The van der Waals surface area contributed by atoms with Crippen molar-refractivity contribution in [2.75, 3.05) is 7.11 Å². The second kappa shape index (κ2) is 4.81. The summed E-state index contributed by atoms with van der Waals surface area (Å²) in [5.41, 5.74) is -1.01. The van der Waals surface area contributed by atoms with Gasteiger partial charge < -0.3 is 4.74 Å². The zero-order valence-electron chi connectivity index (χ0n) is 9.46. The Morgan fingerprint density at radius 2 is 2.17 bits per heavy atom. The SMILES string of the molecule is COC(=O)C(=O)C1(c2ccc(Br)cn2)C=CC=N1. The third-order valence-electron chi connectivity index (χ3n) is 2.54. The minimum absolute atomic E-state index is 0.381. The van der Waals surface area contributed by atoms with E-state index >= 15 is 0 Å². The van der Waals surface area contributed by atoms with Gasteiger partial charge in [0.2, 0.25) is 0 Å². The molecule has 1 atom stereocenters. The number of aromatic nitrogens is 1. The Labute approximate surface area is 112 Å². The summed E-state index contributed by atoms with van der Waals surface area (Å²) >= 11 is 3.26. The standard InChI is InChI=1S/C12H9BrN2O3/c1-18-11(17)10(16)12(5-2-6-15-12)9-4-3-8(13)7-14-9/h2-7H,1H3. The maximum atomic E-state index is 12.1. The smallest absolute Gasteiger partial charge is 0.377 e. The number of pyridine rings is 1. The van der Waals surface area contributed by atoms with Crippen molar-refractivity contribution in [3.63, 3.8) is 0 Å². The highest BCUT2D eigenvalue weighted by Crippen LogP contribution is 2.30. The van der Waals surface area contributed by atoms with Gasteiger partial charge in [-0.15, -0.1) is 0 Å². The fraction of sp³-hybridized carbons (Fsp3) is 0.167. The first-order chi connectivity index (χ1) is 8.60. The van der Waals surface area contributed by atoms with Gasteiger partial charge in [0.25, 0.3) is 5.78 Å². The van der Waals surface area contributed by atoms with Gasteiger partial charge in [-0.2, -0.15) is 0 Å². The molecule has 0 saturated heterocycles. The molecule has 1 aromatic heterocycles. The lowest BCUT2D eigenvalue weighted by molar-refractivity contribution is -0.153. The van der Waals surface area contributed by atoms with Gasteiger partial charge >= 0.3 is 5.97 Å². The molecule has 92 valence electrons. The summed E-state index contributed by atoms with van der Waals surface area (Å²) in [6, 6.07) is 3.37. The summed E-state index contributed by atoms with van der Waals surface area (Å²) in [5, 5.41) is 0. The summed E-state index contributed by atoms with van der Waals surface area (Å²) in [6.45, 7) is 0. The summed E-state index contributed by atoms with van der Waals surface area (Å²) in [7, 11) is 1.16. The maximum Gasteiger partial charge on any atom is 0.377 e. The van der Waals surface area contributed by atoms with E-state index in [9.17, 15) is 9.59 Å². The van der Waals surface area contributed by atoms with Crippen molar-refractivity contribution in [3.8, 4) is 0 Å². The number of carbonyl (C=O) groups excluding carboxylic acids is 2. The molecule has 0 aromatic carbocycles. The van der Waals surface area contributed by atoms with E-state index < -0.39 is 17.3 Å². The quantitative estimate of drug-likeness (QED) is 0.625. The van der Waals surface area contributed by atoms with Crippen LogP contribution in [0.4, 0.5) is 0 Å². The van der Waals surface area contributed by atoms with Crippen LogP contribution in [0.5, 0.6) is 0 Å². The molecule has 0 fully saturated rings. The Bertz CT molecular complexity index is 537. The van der Waals surface area contributed by atoms with Crippen LogP contribution < -0.4 is 0 Å². The molecule has 2 rings (SSSR count). The van der Waals surface area contributed by atoms with Gasteiger partial charge in [-0.3, -0.25) is 14.8 Å². The number of rotatable bonds is 3. The van der Waals surface area contributed by atoms with Crippen LogP contribution in [0.15, 0.2) is 39.9 Å². The van der Waals surface area contributed by atoms with E-state index in [4.69, 9.17) is 0 Å². The van der Waals surface area contributed by atoms with Crippen molar-refractivity contribution in [1.29, 1.82) is 0 Å². The first-order valence-corrected chi connectivity index (χ1v) is 5.87. The van der Waals surface area contributed by atoms with Crippen LogP contribution in [0, 0.1) is 0 Å². The minimum atomic E-state index is -1.40. The molecule has 5 nitrogen and oxygen atoms in total. The largest absolute Gasteiger partial charge is 0.463 e. The molecule has 0 saturated carbocycles. The predicted octanol–water partition coefficient (Wildman–Crippen LogP) is 1.42. The number of ketones is 1. The molecule has 6 heteroatoms. The zero-order valence-corrected chi connectivity index (χ0v) is 11.0. The van der Waals surface area contributed by atoms with Crippen LogP contribution in [0.1, 0.15) is 5.69 Å². The lowest BCUT2D eigenvalue weighted by atomic mass is 9.90. The van der Waals surface area contributed by atoms with Crippen LogP contribution in [0.3, 0.4) is 0 Å². The summed E-state index contributed by atoms with van der Waals surface area (Å²) < 4.78 is 5.24. The van der Waals surface area contributed by atoms with Gasteiger partial charge in [-0.25, -0.2) is 4.79 Å². The summed E-state index contributed by atoms with van der Waals surface area (Å²) in [6.07, 6.45) is 6.14. The van der Waals surface area contributed by atoms with Crippen molar-refractivity contribution >= 4 is 33.9 Å². The van der Waals surface area contributed by atoms with Gasteiger partial charge in [-0.05, 0) is 40.2 Å². The van der Waals surface area contributed by atoms with Crippen LogP contribution >= 0.6 is 15.9 Å². The van der Waals surface area contributed by atoms with E-state index in [-0.39, 0.29) is 0 Å². The normalized spacial score (nSPS) is 21.0. The van der Waals surface area contributed by atoms with Crippen molar-refractivity contribution < 1.29 is 14.3 Å². The molecule has 1 unspecified atom stereocenters. The van der Waals surface area contributed by atoms with Crippen LogP contribution in [-0.4, -0.2) is 30.1 Å². The number of nitrogens with zero attached hydrogens (tertiary/aromatic N) is 2. The third kappa shape index (κ3) is 1.99. The average Bonchev–Trinajstić information content (AvgIpc) is 2.88. The Kier molecular flexibility index (Phi) is 3.38. The molecule has 0 spiro atoms. The molecular weight excluding hydrogens is 300 g/mol. The van der Waals surface area contributed by atoms with E-state index in [0.717, 1.165) is 11.6 Å². The Morgan fingerprint density at radius 3 is 2.67 bits per heavy atom. The second-order valence-corrected chi connectivity index (χ2v) is 4.50. The lowest BCUT2D eigenvalue weighted by Gasteiger charge is -2.20. The Morgan fingerprint density at radius 1 is 1.39 bits per heavy atom. The molecule has 1 aliphatic rings. The highest BCUT2D eigenvalue weighted by molar-refractivity contribution is 9.10. The average molecular weight is 309 g/mol. The second-order valence-electron chi connectivity index (χ2n) is 3.59. The van der Waals surface area contributed by atoms with Crippen LogP contribution in [-0.2, 0) is 19.9 Å². The molecular formula is C12H9BrN2O3. The molecule has 1 aliphatic heterocycles. The van der Waals surface area contributed by atoms with Gasteiger partial charge in [-0.1, -0.05) is 0 Å². The first kappa shape index (κ1) is 12.6. The monoisotopic (exact) mass is 308 g/mol. The number of hydrogen-bond donors (Lipinski definition) is 0. The fourth-order valence-electron chi connectivity index (χ4n) is 1.64. The molecule has 2 heterocycles. The number of esters is 1. The van der Waals surface area contributed by atoms with Crippen molar-refractivity contribution in [2.24, 2.45) is 4.99 Å². The topological polar surface area (TPSA) is 68.6 Å². The molecule has 0 bridgehead atoms. The van der Waals surface area contributed by atoms with E-state index in [0.29, 0.717) is 5.69 Å². The van der Waals surface area contributed by atoms with E-state index in [2.05, 4.69) is 30.6 Å². The Balaban J connectivity index is 2.49. The van der Waals surface area contributed by atoms with Crippen molar-refractivity contribution in [1.82, 2.24) is 4.98 Å². The predicted molar refractivity (Wildman–Crippen MR) is 68.3 cm³/mol. The summed E-state index contributed by atoms with van der Waals surface area (Å²) in [5.74, 6) is -1.70. The van der Waals surface area contributed by atoms with E-state index in [1.54, 1.807) is 24.4 Å². The highest BCUT2D eigenvalue weighted by Gasteiger charge is 2.44. The molecule has 0 aliphatic carbocycles. The third-order valence-corrected chi connectivity index (χ3v) is 3.01. The maximum absolute atomic E-state index is 12.1. The number of methoxy groups -OCH3 is 1. The number of ether oxygens (including phenoxy) is 1. The molecule has 0 radical (unpaired) electrons. The van der Waals surface area contributed by atoms with Crippen LogP contribution in [0.2, 0.25) is 0 Å². The molecule has 0 N–H and O–H groups in total. The van der Waals surface area contributed by atoms with Gasteiger partial charge in [0.15, 0.2) is 5.54 Å². The van der Waals surface area contributed by atoms with Gasteiger partial charge in [0, 0.05) is 16.9 Å². The van der Waals surface area contributed by atoms with Crippen molar-refractivity contribution in [2.45, 2.75) is 5.54 Å². The molecule has 1 aromatic rings. The fourth-order valence-corrected chi connectivity index (χ4v) is 1.87. The number of aliphatic imine (C=N–C) groups is 1. The van der Waals surface area contributed by atoms with E-state index in [1.165, 1.54) is 12.3 Å². The number of carbonyl (C=O) groups is 2. The number of hydrogen-bond acceptors (Lipinski definition) is 5. The summed E-state index contributed by atoms with van der Waals surface area (Å²) in [4.78, 5) is 31.7. The minimum Gasteiger partial charge on any atom is -0.463 e. The first-order valence-electron chi connectivity index (χ1n) is 5.08. The lowest BCUT2D eigenvalue weighted by Crippen LogP contribution is -2.37. The number of Topliss-reactive ketones (excluding diaryl/α,β-unsaturated/α-hetero) is 1. The number of allylic oxidation sites excluding steroid dienone is 1. The van der Waals surface area contributed by atoms with Gasteiger partial charge in [0.1, 0.15) is 0 Å².